The number of hydrogen-bond donors (Lipinski definition) is 0. The zero-order valence-electron chi connectivity index (χ0n) is 12.5. The average molecular weight is 312 g/mol. The van der Waals surface area contributed by atoms with Crippen molar-refractivity contribution < 1.29 is 4.79 Å². The minimum absolute atomic E-state index is 0.326. The molecule has 0 aliphatic heterocycles. The van der Waals surface area contributed by atoms with Crippen LogP contribution in [0.1, 0.15) is 16.2 Å². The van der Waals surface area contributed by atoms with Crippen molar-refractivity contribution in [3.8, 4) is 0 Å². The molecule has 0 spiro atoms. The number of hydrogen-bond acceptors (Lipinski definition) is 3. The fraction of sp³-hybridized carbons (Fsp3) is 0.188. The molecule has 0 atom stereocenters. The van der Waals surface area contributed by atoms with E-state index in [4.69, 9.17) is 0 Å². The first kappa shape index (κ1) is 14.5. The molecule has 0 fully saturated rings. The number of aromatic nitrogens is 3. The van der Waals surface area contributed by atoms with E-state index in [0.717, 1.165) is 15.9 Å². The van der Waals surface area contributed by atoms with Crippen LogP contribution in [0.15, 0.2) is 48.0 Å². The fourth-order valence-corrected chi connectivity index (χ4v) is 3.26. The molecular formula is C16H16N4OS. The van der Waals surface area contributed by atoms with Crippen LogP contribution in [0, 0.1) is 6.92 Å². The second-order valence-corrected chi connectivity index (χ2v) is 5.97. The molecule has 0 unspecified atom stereocenters. The molecular weight excluding hydrogens is 296 g/mol. The van der Waals surface area contributed by atoms with E-state index in [0.29, 0.717) is 17.0 Å². The standard InChI is InChI=1S/C16H16N4OS/c1-4-9-20-13-7-5-6-8-14(13)22-16(20)17-15(21)12-10-11(2)19(3)18-12/h4-8,10H,1,9H2,2-3H3. The van der Waals surface area contributed by atoms with Crippen molar-refractivity contribution in [1.82, 2.24) is 14.3 Å². The van der Waals surface area contributed by atoms with Crippen LogP contribution in [0.5, 0.6) is 0 Å². The average Bonchev–Trinajstić information content (AvgIpc) is 3.01. The molecule has 3 rings (SSSR count). The van der Waals surface area contributed by atoms with Gasteiger partial charge in [-0.2, -0.15) is 10.1 Å². The number of thiazole rings is 1. The van der Waals surface area contributed by atoms with Crippen LogP contribution in [0.3, 0.4) is 0 Å². The van der Waals surface area contributed by atoms with E-state index in [9.17, 15) is 4.79 Å². The Hall–Kier alpha value is -2.47. The summed E-state index contributed by atoms with van der Waals surface area (Å²) in [5.41, 5.74) is 2.34. The van der Waals surface area contributed by atoms with Gasteiger partial charge in [-0.15, -0.1) is 6.58 Å². The Morgan fingerprint density at radius 2 is 2.23 bits per heavy atom. The first-order valence-corrected chi connectivity index (χ1v) is 7.71. The van der Waals surface area contributed by atoms with Crippen molar-refractivity contribution >= 4 is 27.5 Å². The zero-order chi connectivity index (χ0) is 15.7. The summed E-state index contributed by atoms with van der Waals surface area (Å²) in [6.45, 7) is 6.29. The van der Waals surface area contributed by atoms with Gasteiger partial charge in [0, 0.05) is 19.3 Å². The van der Waals surface area contributed by atoms with Crippen LogP contribution in [-0.2, 0) is 13.6 Å². The Morgan fingerprint density at radius 3 is 2.91 bits per heavy atom. The Morgan fingerprint density at radius 1 is 1.45 bits per heavy atom. The van der Waals surface area contributed by atoms with E-state index >= 15 is 0 Å². The largest absolute Gasteiger partial charge is 0.312 e. The molecule has 0 aliphatic rings. The molecule has 3 aromatic rings. The summed E-state index contributed by atoms with van der Waals surface area (Å²) < 4.78 is 4.75. The molecule has 22 heavy (non-hydrogen) atoms. The van der Waals surface area contributed by atoms with Gasteiger partial charge in [-0.1, -0.05) is 29.5 Å². The maximum Gasteiger partial charge on any atom is 0.300 e. The molecule has 6 heteroatoms. The lowest BCUT2D eigenvalue weighted by Gasteiger charge is -1.99. The summed E-state index contributed by atoms with van der Waals surface area (Å²) in [6.07, 6.45) is 1.80. The molecule has 0 saturated carbocycles. The summed E-state index contributed by atoms with van der Waals surface area (Å²) >= 11 is 1.49. The van der Waals surface area contributed by atoms with Gasteiger partial charge in [-0.25, -0.2) is 0 Å². The number of aryl methyl sites for hydroxylation is 2. The van der Waals surface area contributed by atoms with E-state index in [1.54, 1.807) is 16.8 Å². The van der Waals surface area contributed by atoms with Crippen LogP contribution in [0.2, 0.25) is 0 Å². The van der Waals surface area contributed by atoms with Gasteiger partial charge < -0.3 is 4.57 Å². The molecule has 0 bridgehead atoms. The Labute approximate surface area is 131 Å². The highest BCUT2D eigenvalue weighted by Gasteiger charge is 2.11. The number of amides is 1. The Bertz CT molecular complexity index is 910. The van der Waals surface area contributed by atoms with Crippen molar-refractivity contribution in [2.24, 2.45) is 12.0 Å². The lowest BCUT2D eigenvalue weighted by Crippen LogP contribution is -2.16. The summed E-state index contributed by atoms with van der Waals surface area (Å²) in [6, 6.07) is 9.74. The number of benzene rings is 1. The molecule has 0 radical (unpaired) electrons. The van der Waals surface area contributed by atoms with E-state index in [-0.39, 0.29) is 5.91 Å². The SMILES string of the molecule is C=CCn1c(=NC(=O)c2cc(C)n(C)n2)sc2ccccc21. The van der Waals surface area contributed by atoms with Crippen LogP contribution in [0.25, 0.3) is 10.2 Å². The predicted octanol–water partition coefficient (Wildman–Crippen LogP) is 2.67. The highest BCUT2D eigenvalue weighted by atomic mass is 32.1. The van der Waals surface area contributed by atoms with E-state index < -0.39 is 0 Å². The molecule has 1 amide bonds. The first-order valence-electron chi connectivity index (χ1n) is 6.89. The van der Waals surface area contributed by atoms with Crippen LogP contribution >= 0.6 is 11.3 Å². The van der Waals surface area contributed by atoms with Crippen molar-refractivity contribution in [1.29, 1.82) is 0 Å². The number of carbonyl (C=O) groups excluding carboxylic acids is 1. The fourth-order valence-electron chi connectivity index (χ4n) is 2.22. The van der Waals surface area contributed by atoms with Crippen molar-refractivity contribution in [2.75, 3.05) is 0 Å². The van der Waals surface area contributed by atoms with Gasteiger partial charge >= 0.3 is 0 Å². The molecule has 2 aromatic heterocycles. The molecule has 5 nitrogen and oxygen atoms in total. The van der Waals surface area contributed by atoms with Gasteiger partial charge in [0.15, 0.2) is 10.5 Å². The van der Waals surface area contributed by atoms with Gasteiger partial charge in [0.25, 0.3) is 5.91 Å². The van der Waals surface area contributed by atoms with Crippen LogP contribution in [-0.4, -0.2) is 20.3 Å². The number of allylic oxidation sites excluding steroid dienone is 1. The second kappa shape index (κ2) is 5.73. The highest BCUT2D eigenvalue weighted by molar-refractivity contribution is 7.16. The summed E-state index contributed by atoms with van der Waals surface area (Å²) in [5.74, 6) is -0.326. The minimum Gasteiger partial charge on any atom is -0.312 e. The van der Waals surface area contributed by atoms with Gasteiger partial charge in [-0.3, -0.25) is 9.48 Å². The molecule has 2 heterocycles. The lowest BCUT2D eigenvalue weighted by molar-refractivity contribution is 0.0992. The van der Waals surface area contributed by atoms with Crippen molar-refractivity contribution in [2.45, 2.75) is 13.5 Å². The van der Waals surface area contributed by atoms with Gasteiger partial charge in [0.05, 0.1) is 10.2 Å². The molecule has 112 valence electrons. The molecule has 0 saturated heterocycles. The second-order valence-electron chi connectivity index (χ2n) is 4.96. The molecule has 0 aliphatic carbocycles. The summed E-state index contributed by atoms with van der Waals surface area (Å²) in [4.78, 5) is 17.3. The Kier molecular flexibility index (Phi) is 3.77. The van der Waals surface area contributed by atoms with Gasteiger partial charge in [0.1, 0.15) is 0 Å². The zero-order valence-corrected chi connectivity index (χ0v) is 13.3. The monoisotopic (exact) mass is 312 g/mol. The lowest BCUT2D eigenvalue weighted by atomic mass is 10.3. The normalized spacial score (nSPS) is 12.0. The number of para-hydroxylation sites is 1. The van der Waals surface area contributed by atoms with Crippen LogP contribution in [0.4, 0.5) is 0 Å². The summed E-state index contributed by atoms with van der Waals surface area (Å²) in [7, 11) is 1.81. The third-order valence-electron chi connectivity index (χ3n) is 3.43. The minimum atomic E-state index is -0.326. The third kappa shape index (κ3) is 2.53. The number of fused-ring (bicyclic) bond motifs is 1. The predicted molar refractivity (Wildman–Crippen MR) is 87.9 cm³/mol. The molecule has 0 N–H and O–H groups in total. The van der Waals surface area contributed by atoms with Crippen LogP contribution < -0.4 is 4.80 Å². The number of rotatable bonds is 3. The van der Waals surface area contributed by atoms with E-state index in [1.165, 1.54) is 11.3 Å². The summed E-state index contributed by atoms with van der Waals surface area (Å²) in [5, 5.41) is 4.18. The Balaban J connectivity index is 2.13. The smallest absolute Gasteiger partial charge is 0.300 e. The highest BCUT2D eigenvalue weighted by Crippen LogP contribution is 2.16. The third-order valence-corrected chi connectivity index (χ3v) is 4.49. The topological polar surface area (TPSA) is 52.2 Å². The maximum atomic E-state index is 12.3. The molecule has 1 aromatic carbocycles. The van der Waals surface area contributed by atoms with Crippen molar-refractivity contribution in [3.63, 3.8) is 0 Å². The van der Waals surface area contributed by atoms with E-state index in [2.05, 4.69) is 16.7 Å². The van der Waals surface area contributed by atoms with E-state index in [1.807, 2.05) is 42.8 Å². The van der Waals surface area contributed by atoms with Gasteiger partial charge in [-0.05, 0) is 25.1 Å². The first-order chi connectivity index (χ1) is 10.6. The van der Waals surface area contributed by atoms with Crippen molar-refractivity contribution in [3.05, 3.63) is 59.2 Å². The quantitative estimate of drug-likeness (QED) is 0.698. The number of nitrogens with zero attached hydrogens (tertiary/aromatic N) is 4. The number of carbonyl (C=O) groups is 1. The van der Waals surface area contributed by atoms with Gasteiger partial charge in [0.2, 0.25) is 0 Å². The maximum absolute atomic E-state index is 12.3.